The number of sulfone groups is 1. The Labute approximate surface area is 176 Å². The largest absolute Gasteiger partial charge is 0.335 e. The molecule has 1 amide bonds. The van der Waals surface area contributed by atoms with Crippen molar-refractivity contribution in [1.29, 1.82) is 0 Å². The predicted octanol–water partition coefficient (Wildman–Crippen LogP) is 4.47. The smallest absolute Gasteiger partial charge is 0.255 e. The van der Waals surface area contributed by atoms with Gasteiger partial charge in [0.05, 0.1) is 16.5 Å². The van der Waals surface area contributed by atoms with E-state index in [1.807, 2.05) is 31.4 Å². The van der Waals surface area contributed by atoms with Gasteiger partial charge in [-0.1, -0.05) is 12.1 Å². The Balaban J connectivity index is 1.89. The van der Waals surface area contributed by atoms with E-state index in [-0.39, 0.29) is 22.7 Å². The van der Waals surface area contributed by atoms with Crippen LogP contribution in [0.1, 0.15) is 40.3 Å². The van der Waals surface area contributed by atoms with E-state index in [9.17, 15) is 17.6 Å². The summed E-state index contributed by atoms with van der Waals surface area (Å²) in [6, 6.07) is 14.3. The fraction of sp³-hybridized carbons (Fsp3) is 0.261. The van der Waals surface area contributed by atoms with Crippen LogP contribution in [0.3, 0.4) is 0 Å². The summed E-state index contributed by atoms with van der Waals surface area (Å²) >= 11 is 0. The molecule has 0 aliphatic carbocycles. The second-order valence-electron chi connectivity index (χ2n) is 7.53. The minimum Gasteiger partial charge on any atom is -0.335 e. The van der Waals surface area contributed by atoms with Crippen molar-refractivity contribution < 1.29 is 17.6 Å². The maximum absolute atomic E-state index is 13.3. The molecule has 0 spiro atoms. The molecule has 0 N–H and O–H groups in total. The molecule has 0 radical (unpaired) electrons. The molecular weight excluding hydrogens is 403 g/mol. The fourth-order valence-corrected chi connectivity index (χ4v) is 4.18. The highest BCUT2D eigenvalue weighted by Gasteiger charge is 2.24. The maximum Gasteiger partial charge on any atom is 0.255 e. The number of nitrogens with zero attached hydrogens (tertiary/aromatic N) is 2. The van der Waals surface area contributed by atoms with E-state index in [1.54, 1.807) is 48.3 Å². The van der Waals surface area contributed by atoms with Crippen molar-refractivity contribution in [3.63, 3.8) is 0 Å². The van der Waals surface area contributed by atoms with Gasteiger partial charge in [-0.25, -0.2) is 12.8 Å². The topological polar surface area (TPSA) is 59.4 Å². The number of hydrogen-bond donors (Lipinski definition) is 0. The number of rotatable bonds is 5. The minimum absolute atomic E-state index is 0.142. The van der Waals surface area contributed by atoms with Crippen molar-refractivity contribution in [3.8, 4) is 5.69 Å². The van der Waals surface area contributed by atoms with E-state index >= 15 is 0 Å². The summed E-state index contributed by atoms with van der Waals surface area (Å²) in [4.78, 5) is 15.1. The molecule has 0 aliphatic rings. The number of benzene rings is 2. The van der Waals surface area contributed by atoms with Crippen LogP contribution in [0.15, 0.2) is 59.5 Å². The third-order valence-corrected chi connectivity index (χ3v) is 6.57. The Bertz CT molecular complexity index is 1180. The first-order valence-corrected chi connectivity index (χ1v) is 11.4. The van der Waals surface area contributed by atoms with Crippen molar-refractivity contribution in [2.75, 3.05) is 13.3 Å². The monoisotopic (exact) mass is 428 g/mol. The first-order chi connectivity index (χ1) is 14.0. The molecule has 7 heteroatoms. The number of halogens is 1. The highest BCUT2D eigenvalue weighted by molar-refractivity contribution is 7.90. The second-order valence-corrected chi connectivity index (χ2v) is 9.55. The zero-order valence-corrected chi connectivity index (χ0v) is 18.5. The van der Waals surface area contributed by atoms with E-state index in [4.69, 9.17) is 0 Å². The average molecular weight is 429 g/mol. The average Bonchev–Trinajstić information content (AvgIpc) is 3.00. The lowest BCUT2D eigenvalue weighted by Gasteiger charge is -2.25. The summed E-state index contributed by atoms with van der Waals surface area (Å²) in [5.74, 6) is -0.455. The van der Waals surface area contributed by atoms with Gasteiger partial charge in [-0.05, 0) is 68.8 Å². The van der Waals surface area contributed by atoms with Crippen molar-refractivity contribution in [2.24, 2.45) is 0 Å². The van der Waals surface area contributed by atoms with E-state index in [0.29, 0.717) is 5.56 Å². The number of aryl methyl sites for hydroxylation is 1. The summed E-state index contributed by atoms with van der Waals surface area (Å²) in [5.41, 5.74) is 3.85. The van der Waals surface area contributed by atoms with Crippen LogP contribution in [0.25, 0.3) is 5.69 Å². The second kappa shape index (κ2) is 8.07. The Morgan fingerprint density at radius 3 is 2.13 bits per heavy atom. The van der Waals surface area contributed by atoms with Crippen LogP contribution < -0.4 is 0 Å². The van der Waals surface area contributed by atoms with Crippen LogP contribution in [0.2, 0.25) is 0 Å². The van der Waals surface area contributed by atoms with Gasteiger partial charge in [0.1, 0.15) is 5.82 Å². The normalized spacial score (nSPS) is 12.6. The third kappa shape index (κ3) is 4.16. The molecule has 3 aromatic rings. The molecule has 0 fully saturated rings. The minimum atomic E-state index is -3.27. The Kier molecular flexibility index (Phi) is 5.85. The molecule has 5 nitrogen and oxygen atoms in total. The zero-order chi connectivity index (χ0) is 22.2. The van der Waals surface area contributed by atoms with E-state index in [1.165, 1.54) is 12.1 Å². The molecule has 3 rings (SSSR count). The Morgan fingerprint density at radius 1 is 1.03 bits per heavy atom. The summed E-state index contributed by atoms with van der Waals surface area (Å²) in [7, 11) is -1.54. The molecule has 0 saturated heterocycles. The number of carbonyl (C=O) groups is 1. The molecule has 1 atom stereocenters. The molecule has 1 aromatic heterocycles. The summed E-state index contributed by atoms with van der Waals surface area (Å²) in [6.07, 6.45) is 1.16. The van der Waals surface area contributed by atoms with E-state index in [2.05, 4.69) is 0 Å². The maximum atomic E-state index is 13.3. The first-order valence-electron chi connectivity index (χ1n) is 9.52. The van der Waals surface area contributed by atoms with Crippen molar-refractivity contribution in [3.05, 3.63) is 82.9 Å². The van der Waals surface area contributed by atoms with Crippen molar-refractivity contribution >= 4 is 15.7 Å². The van der Waals surface area contributed by atoms with E-state index < -0.39 is 9.84 Å². The predicted molar refractivity (Wildman–Crippen MR) is 115 cm³/mol. The molecular formula is C23H25FN2O3S. The lowest BCUT2D eigenvalue weighted by molar-refractivity contribution is 0.0742. The van der Waals surface area contributed by atoms with Crippen molar-refractivity contribution in [2.45, 2.75) is 31.7 Å². The lowest BCUT2D eigenvalue weighted by Crippen LogP contribution is -2.30. The standard InChI is InChI=1S/C23H25FN2O3S/c1-15-14-22(17(3)26(15)20-10-8-19(24)9-11-20)23(27)25(4)16(2)18-6-12-21(13-7-18)30(5,28)29/h6-14,16H,1-5H3. The molecule has 1 unspecified atom stereocenters. The number of amides is 1. The van der Waals surface area contributed by atoms with Crippen LogP contribution >= 0.6 is 0 Å². The summed E-state index contributed by atoms with van der Waals surface area (Å²) in [5, 5.41) is 0. The zero-order valence-electron chi connectivity index (χ0n) is 17.7. The van der Waals surface area contributed by atoms with Gasteiger partial charge in [0.2, 0.25) is 0 Å². The van der Waals surface area contributed by atoms with Gasteiger partial charge in [-0.3, -0.25) is 4.79 Å². The number of carbonyl (C=O) groups excluding carboxylic acids is 1. The fourth-order valence-electron chi connectivity index (χ4n) is 3.55. The van der Waals surface area contributed by atoms with Gasteiger partial charge in [-0.2, -0.15) is 0 Å². The molecule has 0 aliphatic heterocycles. The van der Waals surface area contributed by atoms with Crippen LogP contribution in [0.4, 0.5) is 4.39 Å². The van der Waals surface area contributed by atoms with Crippen molar-refractivity contribution in [1.82, 2.24) is 9.47 Å². The van der Waals surface area contributed by atoms with Gasteiger partial charge in [0.25, 0.3) is 5.91 Å². The molecule has 30 heavy (non-hydrogen) atoms. The third-order valence-electron chi connectivity index (χ3n) is 5.44. The van der Waals surface area contributed by atoms with Crippen LogP contribution in [0, 0.1) is 19.7 Å². The highest BCUT2D eigenvalue weighted by atomic mass is 32.2. The van der Waals surface area contributed by atoms with Gasteiger partial charge in [-0.15, -0.1) is 0 Å². The van der Waals surface area contributed by atoms with Crippen LogP contribution in [0.5, 0.6) is 0 Å². The summed E-state index contributed by atoms with van der Waals surface area (Å²) < 4.78 is 38.5. The van der Waals surface area contributed by atoms with Crippen LogP contribution in [-0.4, -0.2) is 37.1 Å². The number of hydrogen-bond acceptors (Lipinski definition) is 3. The lowest BCUT2D eigenvalue weighted by atomic mass is 10.1. The highest BCUT2D eigenvalue weighted by Crippen LogP contribution is 2.26. The van der Waals surface area contributed by atoms with Gasteiger partial charge >= 0.3 is 0 Å². The Morgan fingerprint density at radius 2 is 1.60 bits per heavy atom. The first kappa shape index (κ1) is 21.8. The Hall–Kier alpha value is -2.93. The van der Waals surface area contributed by atoms with Gasteiger partial charge in [0.15, 0.2) is 9.84 Å². The molecule has 0 saturated carbocycles. The van der Waals surface area contributed by atoms with Gasteiger partial charge in [0, 0.05) is 30.4 Å². The van der Waals surface area contributed by atoms with Crippen LogP contribution in [-0.2, 0) is 9.84 Å². The molecule has 158 valence electrons. The van der Waals surface area contributed by atoms with E-state index in [0.717, 1.165) is 28.9 Å². The molecule has 2 aromatic carbocycles. The molecule has 1 heterocycles. The SMILES string of the molecule is Cc1cc(C(=O)N(C)C(C)c2ccc(S(C)(=O)=O)cc2)c(C)n1-c1ccc(F)cc1. The number of aromatic nitrogens is 1. The molecule has 0 bridgehead atoms. The van der Waals surface area contributed by atoms with Gasteiger partial charge < -0.3 is 9.47 Å². The quantitative estimate of drug-likeness (QED) is 0.602. The summed E-state index contributed by atoms with van der Waals surface area (Å²) in [6.45, 7) is 5.66.